The summed E-state index contributed by atoms with van der Waals surface area (Å²) in [4.78, 5) is 16.8. The Kier molecular flexibility index (Phi) is 7.52. The van der Waals surface area contributed by atoms with Gasteiger partial charge in [-0.15, -0.1) is 24.8 Å². The Morgan fingerprint density at radius 1 is 1.29 bits per heavy atom. The molecular weight excluding hydrogens is 347 g/mol. The van der Waals surface area contributed by atoms with E-state index in [0.717, 1.165) is 55.4 Å². The van der Waals surface area contributed by atoms with Crippen LogP contribution in [0.1, 0.15) is 37.9 Å². The summed E-state index contributed by atoms with van der Waals surface area (Å²) in [7, 11) is 2.04. The molecule has 1 saturated carbocycles. The summed E-state index contributed by atoms with van der Waals surface area (Å²) in [5.41, 5.74) is 7.69. The normalized spacial score (nSPS) is 15.6. The summed E-state index contributed by atoms with van der Waals surface area (Å²) >= 11 is 0. The van der Waals surface area contributed by atoms with Gasteiger partial charge in [-0.25, -0.2) is 4.98 Å². The standard InChI is InChI=1S/C17H24N4O.2ClH/c1-21-14-8-3-2-7-13(14)20-15(21)9-6-12-19-16(22)17(18)10-4-5-11-17;;/h2-3,7-8H,4-6,9-12,18H2,1H3,(H,19,22);2*1H. The smallest absolute Gasteiger partial charge is 0.240 e. The van der Waals surface area contributed by atoms with Crippen LogP contribution in [-0.2, 0) is 18.3 Å². The first kappa shape index (κ1) is 20.7. The van der Waals surface area contributed by atoms with Gasteiger partial charge < -0.3 is 15.6 Å². The summed E-state index contributed by atoms with van der Waals surface area (Å²) in [6, 6.07) is 8.13. The molecule has 0 spiro atoms. The lowest BCUT2D eigenvalue weighted by Crippen LogP contribution is -2.52. The Bertz CT molecular complexity index is 680. The molecule has 1 aliphatic rings. The number of carbonyl (C=O) groups is 1. The third kappa shape index (κ3) is 4.21. The molecule has 0 saturated heterocycles. The number of carbonyl (C=O) groups excluding carboxylic acids is 1. The lowest BCUT2D eigenvalue weighted by atomic mass is 9.98. The highest BCUT2D eigenvalue weighted by atomic mass is 35.5. The molecule has 1 aliphatic carbocycles. The number of amides is 1. The number of imidazole rings is 1. The van der Waals surface area contributed by atoms with Crippen molar-refractivity contribution >= 4 is 41.8 Å². The monoisotopic (exact) mass is 372 g/mol. The summed E-state index contributed by atoms with van der Waals surface area (Å²) in [5.74, 6) is 1.06. The molecule has 24 heavy (non-hydrogen) atoms. The van der Waals surface area contributed by atoms with Crippen molar-refractivity contribution in [2.75, 3.05) is 6.54 Å². The van der Waals surface area contributed by atoms with Gasteiger partial charge in [-0.3, -0.25) is 4.79 Å². The molecule has 1 aromatic carbocycles. The maximum atomic E-state index is 12.1. The number of aromatic nitrogens is 2. The Morgan fingerprint density at radius 3 is 2.62 bits per heavy atom. The zero-order valence-corrected chi connectivity index (χ0v) is 15.6. The molecule has 3 rings (SSSR count). The largest absolute Gasteiger partial charge is 0.354 e. The van der Waals surface area contributed by atoms with Gasteiger partial charge in [-0.1, -0.05) is 25.0 Å². The fourth-order valence-electron chi connectivity index (χ4n) is 3.28. The molecule has 1 aromatic heterocycles. The average molecular weight is 373 g/mol. The van der Waals surface area contributed by atoms with Gasteiger partial charge in [0.2, 0.25) is 5.91 Å². The first-order valence-electron chi connectivity index (χ1n) is 8.08. The minimum atomic E-state index is -0.627. The van der Waals surface area contributed by atoms with E-state index < -0.39 is 5.54 Å². The van der Waals surface area contributed by atoms with Crippen molar-refractivity contribution in [3.05, 3.63) is 30.1 Å². The molecule has 0 aliphatic heterocycles. The third-order valence-corrected chi connectivity index (χ3v) is 4.69. The maximum Gasteiger partial charge on any atom is 0.240 e. The Labute approximate surface area is 155 Å². The van der Waals surface area contributed by atoms with Crippen LogP contribution in [0.3, 0.4) is 0 Å². The van der Waals surface area contributed by atoms with E-state index in [2.05, 4.69) is 20.9 Å². The number of nitrogens with zero attached hydrogens (tertiary/aromatic N) is 2. The number of halogens is 2. The van der Waals surface area contributed by atoms with Crippen LogP contribution in [0.4, 0.5) is 0 Å². The average Bonchev–Trinajstić information content (AvgIpc) is 3.10. The van der Waals surface area contributed by atoms with Crippen LogP contribution in [0.15, 0.2) is 24.3 Å². The summed E-state index contributed by atoms with van der Waals surface area (Å²) in [6.45, 7) is 0.654. The van der Waals surface area contributed by atoms with Gasteiger partial charge in [0.1, 0.15) is 5.82 Å². The molecule has 0 unspecified atom stereocenters. The molecule has 3 N–H and O–H groups in total. The molecule has 2 aromatic rings. The number of benzene rings is 1. The molecule has 7 heteroatoms. The minimum Gasteiger partial charge on any atom is -0.354 e. The lowest BCUT2D eigenvalue weighted by molar-refractivity contribution is -0.126. The van der Waals surface area contributed by atoms with E-state index in [1.807, 2.05) is 25.2 Å². The van der Waals surface area contributed by atoms with E-state index in [9.17, 15) is 4.79 Å². The van der Waals surface area contributed by atoms with E-state index in [1.165, 1.54) is 0 Å². The van der Waals surface area contributed by atoms with Crippen LogP contribution in [0, 0.1) is 0 Å². The maximum absolute atomic E-state index is 12.1. The van der Waals surface area contributed by atoms with Crippen molar-refractivity contribution in [2.45, 2.75) is 44.1 Å². The van der Waals surface area contributed by atoms with Crippen LogP contribution in [0.25, 0.3) is 11.0 Å². The van der Waals surface area contributed by atoms with Crippen LogP contribution in [-0.4, -0.2) is 27.5 Å². The van der Waals surface area contributed by atoms with Crippen LogP contribution < -0.4 is 11.1 Å². The summed E-state index contributed by atoms with van der Waals surface area (Å²) < 4.78 is 2.12. The Balaban J connectivity index is 0.00000144. The number of aryl methyl sites for hydroxylation is 2. The molecular formula is C17H26Cl2N4O. The zero-order valence-electron chi connectivity index (χ0n) is 14.0. The predicted molar refractivity (Wildman–Crippen MR) is 102 cm³/mol. The first-order valence-corrected chi connectivity index (χ1v) is 8.08. The van der Waals surface area contributed by atoms with Gasteiger partial charge in [0.25, 0.3) is 0 Å². The van der Waals surface area contributed by atoms with Crippen LogP contribution in [0.5, 0.6) is 0 Å². The lowest BCUT2D eigenvalue weighted by Gasteiger charge is -2.22. The molecule has 0 atom stereocenters. The van der Waals surface area contributed by atoms with E-state index in [-0.39, 0.29) is 30.7 Å². The van der Waals surface area contributed by atoms with Crippen molar-refractivity contribution in [3.8, 4) is 0 Å². The summed E-state index contributed by atoms with van der Waals surface area (Å²) in [6.07, 6.45) is 5.46. The topological polar surface area (TPSA) is 72.9 Å². The molecule has 0 bridgehead atoms. The van der Waals surface area contributed by atoms with E-state index in [4.69, 9.17) is 5.73 Å². The Hall–Kier alpha value is -1.30. The second kappa shape index (κ2) is 8.70. The molecule has 1 fully saturated rings. The number of rotatable bonds is 5. The van der Waals surface area contributed by atoms with E-state index in [1.54, 1.807) is 0 Å². The number of nitrogens with two attached hydrogens (primary N) is 1. The van der Waals surface area contributed by atoms with Crippen molar-refractivity contribution in [1.29, 1.82) is 0 Å². The molecule has 5 nitrogen and oxygen atoms in total. The van der Waals surface area contributed by atoms with Crippen molar-refractivity contribution in [2.24, 2.45) is 12.8 Å². The first-order chi connectivity index (χ1) is 10.6. The Morgan fingerprint density at radius 2 is 1.96 bits per heavy atom. The van der Waals surface area contributed by atoms with Gasteiger partial charge in [-0.2, -0.15) is 0 Å². The van der Waals surface area contributed by atoms with Crippen molar-refractivity contribution < 1.29 is 4.79 Å². The molecule has 1 amide bonds. The fourth-order valence-corrected chi connectivity index (χ4v) is 3.28. The second-order valence-corrected chi connectivity index (χ2v) is 6.30. The molecule has 1 heterocycles. The number of para-hydroxylation sites is 2. The van der Waals surface area contributed by atoms with Gasteiger partial charge in [0.15, 0.2) is 0 Å². The van der Waals surface area contributed by atoms with Crippen molar-refractivity contribution in [3.63, 3.8) is 0 Å². The number of hydrogen-bond donors (Lipinski definition) is 2. The molecule has 0 radical (unpaired) electrons. The quantitative estimate of drug-likeness (QED) is 0.792. The molecule has 134 valence electrons. The van der Waals surface area contributed by atoms with Gasteiger partial charge in [-0.05, 0) is 31.4 Å². The number of fused-ring (bicyclic) bond motifs is 1. The predicted octanol–water partition coefficient (Wildman–Crippen LogP) is 2.74. The highest BCUT2D eigenvalue weighted by Gasteiger charge is 2.36. The van der Waals surface area contributed by atoms with E-state index in [0.29, 0.717) is 6.54 Å². The van der Waals surface area contributed by atoms with Gasteiger partial charge in [0.05, 0.1) is 16.6 Å². The van der Waals surface area contributed by atoms with Crippen LogP contribution in [0.2, 0.25) is 0 Å². The number of hydrogen-bond acceptors (Lipinski definition) is 3. The number of nitrogens with one attached hydrogen (secondary N) is 1. The fraction of sp³-hybridized carbons (Fsp3) is 0.529. The highest BCUT2D eigenvalue weighted by Crippen LogP contribution is 2.27. The van der Waals surface area contributed by atoms with Gasteiger partial charge in [0, 0.05) is 20.0 Å². The van der Waals surface area contributed by atoms with Crippen molar-refractivity contribution in [1.82, 2.24) is 14.9 Å². The van der Waals surface area contributed by atoms with E-state index >= 15 is 0 Å². The SMILES string of the molecule is Cl.Cl.Cn1c(CCCNC(=O)C2(N)CCCC2)nc2ccccc21. The third-order valence-electron chi connectivity index (χ3n) is 4.69. The minimum absolute atomic E-state index is 0. The zero-order chi connectivity index (χ0) is 15.6. The summed E-state index contributed by atoms with van der Waals surface area (Å²) in [5, 5.41) is 2.99. The van der Waals surface area contributed by atoms with Gasteiger partial charge >= 0.3 is 0 Å². The highest BCUT2D eigenvalue weighted by molar-refractivity contribution is 5.86. The second-order valence-electron chi connectivity index (χ2n) is 6.30. The van der Waals surface area contributed by atoms with Crippen LogP contribution >= 0.6 is 24.8 Å².